The van der Waals surface area contributed by atoms with E-state index in [0.29, 0.717) is 10.7 Å². The fraction of sp³-hybridized carbons (Fsp3) is 0.100. The minimum absolute atomic E-state index is 0.408. The van der Waals surface area contributed by atoms with Crippen LogP contribution in [0.5, 0.6) is 0 Å². The highest BCUT2D eigenvalue weighted by Crippen LogP contribution is 2.17. The molecule has 0 spiro atoms. The van der Waals surface area contributed by atoms with Gasteiger partial charge in [0, 0.05) is 5.02 Å². The van der Waals surface area contributed by atoms with Gasteiger partial charge in [0.15, 0.2) is 0 Å². The molecule has 2 aromatic rings. The van der Waals surface area contributed by atoms with E-state index in [9.17, 15) is 9.59 Å². The predicted octanol–water partition coefficient (Wildman–Crippen LogP) is 1.22. The maximum atomic E-state index is 11.5. The molecule has 1 aromatic heterocycles. The second kappa shape index (κ2) is 4.06. The summed E-state index contributed by atoms with van der Waals surface area (Å²) < 4.78 is 0.977. The first-order valence-electron chi connectivity index (χ1n) is 4.68. The number of rotatable bonds is 2. The molecule has 0 aliphatic heterocycles. The van der Waals surface area contributed by atoms with E-state index in [0.717, 1.165) is 10.2 Å². The minimum atomic E-state index is -1.29. The van der Waals surface area contributed by atoms with Crippen molar-refractivity contribution in [2.75, 3.05) is 0 Å². The van der Waals surface area contributed by atoms with Gasteiger partial charge in [-0.15, -0.1) is 5.10 Å². The van der Waals surface area contributed by atoms with E-state index < -0.39 is 17.5 Å². The van der Waals surface area contributed by atoms with Crippen LogP contribution in [0.15, 0.2) is 23.0 Å². The Morgan fingerprint density at radius 1 is 1.53 bits per heavy atom. The summed E-state index contributed by atoms with van der Waals surface area (Å²) >= 11 is 5.82. The molecule has 6 nitrogen and oxygen atoms in total. The van der Waals surface area contributed by atoms with Gasteiger partial charge in [0.25, 0.3) is 0 Å². The van der Waals surface area contributed by atoms with Crippen LogP contribution < -0.4 is 5.69 Å². The molecule has 88 valence electrons. The molecule has 0 amide bonds. The standard InChI is InChI=1S/C10H8ClN3O3/c1-5-2-3-6(11)4-7(5)14-10(17)12-8(13-14)9(15)16/h2-4H,1H3,(H,15,16)(H,12,13,17). The molecule has 0 radical (unpaired) electrons. The first-order chi connectivity index (χ1) is 7.99. The van der Waals surface area contributed by atoms with E-state index >= 15 is 0 Å². The summed E-state index contributed by atoms with van der Waals surface area (Å²) in [6.07, 6.45) is 0. The lowest BCUT2D eigenvalue weighted by Gasteiger charge is -2.03. The van der Waals surface area contributed by atoms with Gasteiger partial charge in [-0.1, -0.05) is 17.7 Å². The summed E-state index contributed by atoms with van der Waals surface area (Å²) in [5, 5.41) is 12.8. The fourth-order valence-electron chi connectivity index (χ4n) is 1.39. The average molecular weight is 254 g/mol. The van der Waals surface area contributed by atoms with E-state index in [1.54, 1.807) is 25.1 Å². The molecule has 7 heteroatoms. The summed E-state index contributed by atoms with van der Waals surface area (Å²) in [6.45, 7) is 1.77. The largest absolute Gasteiger partial charge is 0.475 e. The molecule has 0 unspecified atom stereocenters. The number of benzene rings is 1. The number of aromatic nitrogens is 3. The van der Waals surface area contributed by atoms with Crippen molar-refractivity contribution >= 4 is 17.6 Å². The van der Waals surface area contributed by atoms with E-state index in [1.165, 1.54) is 0 Å². The number of nitrogens with zero attached hydrogens (tertiary/aromatic N) is 2. The first kappa shape index (κ1) is 11.4. The Balaban J connectivity index is 2.64. The van der Waals surface area contributed by atoms with Gasteiger partial charge < -0.3 is 5.11 Å². The van der Waals surface area contributed by atoms with Gasteiger partial charge >= 0.3 is 11.7 Å². The van der Waals surface area contributed by atoms with E-state index in [2.05, 4.69) is 10.1 Å². The molecule has 17 heavy (non-hydrogen) atoms. The molecule has 0 aliphatic carbocycles. The SMILES string of the molecule is Cc1ccc(Cl)cc1-n1nc(C(=O)O)[nH]c1=O. The number of carboxylic acid groups (broad SMARTS) is 1. The number of nitrogens with one attached hydrogen (secondary N) is 1. The topological polar surface area (TPSA) is 88.0 Å². The van der Waals surface area contributed by atoms with E-state index in [-0.39, 0.29) is 0 Å². The van der Waals surface area contributed by atoms with Gasteiger partial charge in [0.2, 0.25) is 5.82 Å². The summed E-state index contributed by atoms with van der Waals surface area (Å²) in [7, 11) is 0. The molecule has 0 aliphatic rings. The first-order valence-corrected chi connectivity index (χ1v) is 5.06. The number of aryl methyl sites for hydroxylation is 1. The molecular weight excluding hydrogens is 246 g/mol. The zero-order valence-corrected chi connectivity index (χ0v) is 9.52. The molecule has 0 saturated carbocycles. The highest BCUT2D eigenvalue weighted by atomic mass is 35.5. The smallest absolute Gasteiger partial charge is 0.373 e. The lowest BCUT2D eigenvalue weighted by Crippen LogP contribution is -2.16. The number of hydrogen-bond acceptors (Lipinski definition) is 3. The van der Waals surface area contributed by atoms with Crippen LogP contribution in [0.3, 0.4) is 0 Å². The third-order valence-corrected chi connectivity index (χ3v) is 2.45. The van der Waals surface area contributed by atoms with Gasteiger partial charge in [-0.25, -0.2) is 9.59 Å². The molecule has 0 saturated heterocycles. The van der Waals surface area contributed by atoms with Crippen molar-refractivity contribution in [3.05, 3.63) is 45.1 Å². The van der Waals surface area contributed by atoms with Crippen LogP contribution in [0.25, 0.3) is 5.69 Å². The molecular formula is C10H8ClN3O3. The Morgan fingerprint density at radius 3 is 2.82 bits per heavy atom. The summed E-state index contributed by atoms with van der Waals surface area (Å²) in [5.41, 5.74) is 0.596. The normalized spacial score (nSPS) is 10.5. The lowest BCUT2D eigenvalue weighted by molar-refractivity contribution is 0.0683. The van der Waals surface area contributed by atoms with Crippen molar-refractivity contribution in [2.45, 2.75) is 6.92 Å². The Morgan fingerprint density at radius 2 is 2.24 bits per heavy atom. The maximum absolute atomic E-state index is 11.5. The Kier molecular flexibility index (Phi) is 2.72. The maximum Gasteiger partial charge on any atom is 0.373 e. The highest BCUT2D eigenvalue weighted by molar-refractivity contribution is 6.30. The highest BCUT2D eigenvalue weighted by Gasteiger charge is 2.14. The second-order valence-electron chi connectivity index (χ2n) is 3.43. The molecule has 1 heterocycles. The van der Waals surface area contributed by atoms with Gasteiger partial charge in [-0.2, -0.15) is 4.68 Å². The third-order valence-electron chi connectivity index (χ3n) is 2.22. The monoisotopic (exact) mass is 253 g/mol. The molecule has 1 aromatic carbocycles. The van der Waals surface area contributed by atoms with Crippen molar-refractivity contribution in [1.29, 1.82) is 0 Å². The van der Waals surface area contributed by atoms with Crippen molar-refractivity contribution in [1.82, 2.24) is 14.8 Å². The number of halogens is 1. The van der Waals surface area contributed by atoms with Crippen molar-refractivity contribution in [3.8, 4) is 5.69 Å². The quantitative estimate of drug-likeness (QED) is 0.842. The Hall–Kier alpha value is -2.08. The molecule has 0 bridgehead atoms. The van der Waals surface area contributed by atoms with E-state index in [4.69, 9.17) is 16.7 Å². The molecule has 0 fully saturated rings. The van der Waals surface area contributed by atoms with Crippen LogP contribution >= 0.6 is 11.6 Å². The van der Waals surface area contributed by atoms with Crippen LogP contribution in [0.4, 0.5) is 0 Å². The number of carbonyl (C=O) groups is 1. The summed E-state index contributed by atoms with van der Waals surface area (Å²) in [5.74, 6) is -1.70. The number of aromatic amines is 1. The van der Waals surface area contributed by atoms with Gasteiger partial charge in [-0.05, 0) is 24.6 Å². The molecule has 2 N–H and O–H groups in total. The van der Waals surface area contributed by atoms with Crippen LogP contribution in [0.1, 0.15) is 16.2 Å². The number of H-pyrrole nitrogens is 1. The minimum Gasteiger partial charge on any atom is -0.475 e. The van der Waals surface area contributed by atoms with Gasteiger partial charge in [0.1, 0.15) is 0 Å². The van der Waals surface area contributed by atoms with Crippen molar-refractivity contribution in [3.63, 3.8) is 0 Å². The zero-order chi connectivity index (χ0) is 12.6. The summed E-state index contributed by atoms with van der Waals surface area (Å²) in [4.78, 5) is 24.4. The van der Waals surface area contributed by atoms with Crippen molar-refractivity contribution in [2.24, 2.45) is 0 Å². The molecule has 0 atom stereocenters. The van der Waals surface area contributed by atoms with Crippen LogP contribution in [0, 0.1) is 6.92 Å². The van der Waals surface area contributed by atoms with E-state index in [1.807, 2.05) is 0 Å². The van der Waals surface area contributed by atoms with Crippen molar-refractivity contribution < 1.29 is 9.90 Å². The Bertz CT molecular complexity index is 644. The second-order valence-corrected chi connectivity index (χ2v) is 3.86. The predicted molar refractivity (Wildman–Crippen MR) is 60.9 cm³/mol. The Labute approximate surface area is 100 Å². The van der Waals surface area contributed by atoms with Gasteiger partial charge in [-0.3, -0.25) is 4.98 Å². The van der Waals surface area contributed by atoms with Crippen LogP contribution in [-0.4, -0.2) is 25.8 Å². The fourth-order valence-corrected chi connectivity index (χ4v) is 1.56. The number of aromatic carboxylic acids is 1. The third kappa shape index (κ3) is 2.07. The number of carboxylic acids is 1. The van der Waals surface area contributed by atoms with Gasteiger partial charge in [0.05, 0.1) is 5.69 Å². The molecule has 2 rings (SSSR count). The summed E-state index contributed by atoms with van der Waals surface area (Å²) in [6, 6.07) is 4.94. The van der Waals surface area contributed by atoms with Crippen LogP contribution in [0.2, 0.25) is 5.02 Å². The van der Waals surface area contributed by atoms with Crippen LogP contribution in [-0.2, 0) is 0 Å². The number of hydrogen-bond donors (Lipinski definition) is 2. The zero-order valence-electron chi connectivity index (χ0n) is 8.77. The lowest BCUT2D eigenvalue weighted by atomic mass is 10.2. The average Bonchev–Trinajstić information content (AvgIpc) is 2.64.